The Morgan fingerprint density at radius 1 is 1.16 bits per heavy atom. The average molecular weight is 429 g/mol. The zero-order chi connectivity index (χ0) is 22.3. The summed E-state index contributed by atoms with van der Waals surface area (Å²) in [4.78, 5) is 19.4. The highest BCUT2D eigenvalue weighted by Crippen LogP contribution is 2.33. The van der Waals surface area contributed by atoms with Gasteiger partial charge in [0.25, 0.3) is 0 Å². The van der Waals surface area contributed by atoms with Crippen LogP contribution in [0.3, 0.4) is 0 Å². The molecule has 1 saturated heterocycles. The second kappa shape index (κ2) is 10.3. The van der Waals surface area contributed by atoms with Crippen molar-refractivity contribution in [3.05, 3.63) is 83.9 Å². The fourth-order valence-corrected chi connectivity index (χ4v) is 4.52. The molecular formula is C26H28N4O2. The number of para-hydroxylation sites is 1. The van der Waals surface area contributed by atoms with Gasteiger partial charge in [0.1, 0.15) is 0 Å². The Bertz CT molecular complexity index is 1070. The number of aromatic nitrogens is 2. The quantitative estimate of drug-likeness (QED) is 0.515. The van der Waals surface area contributed by atoms with E-state index in [2.05, 4.69) is 15.6 Å². The average Bonchev–Trinajstić information content (AvgIpc) is 3.39. The minimum absolute atomic E-state index is 0.0231. The van der Waals surface area contributed by atoms with Gasteiger partial charge >= 0.3 is 0 Å². The summed E-state index contributed by atoms with van der Waals surface area (Å²) in [5, 5.41) is 8.97. The first-order valence-corrected chi connectivity index (χ1v) is 11.0. The molecule has 1 aliphatic heterocycles. The molecule has 0 radical (unpaired) electrons. The van der Waals surface area contributed by atoms with Crippen LogP contribution in [0, 0.1) is 23.2 Å². The van der Waals surface area contributed by atoms with Gasteiger partial charge in [-0.2, -0.15) is 5.26 Å². The van der Waals surface area contributed by atoms with Gasteiger partial charge in [-0.25, -0.2) is 4.98 Å². The van der Waals surface area contributed by atoms with Crippen molar-refractivity contribution in [1.29, 1.82) is 5.26 Å². The highest BCUT2D eigenvalue weighted by molar-refractivity contribution is 5.97. The third kappa shape index (κ3) is 4.90. The maximum Gasteiger partial charge on any atom is 0.230 e. The van der Waals surface area contributed by atoms with E-state index in [1.807, 2.05) is 72.0 Å². The summed E-state index contributed by atoms with van der Waals surface area (Å²) in [6.07, 6.45) is 6.36. The van der Waals surface area contributed by atoms with Crippen LogP contribution >= 0.6 is 0 Å². The molecule has 0 unspecified atom stereocenters. The molecule has 6 nitrogen and oxygen atoms in total. The Labute approximate surface area is 189 Å². The Morgan fingerprint density at radius 2 is 1.94 bits per heavy atom. The van der Waals surface area contributed by atoms with E-state index >= 15 is 0 Å². The smallest absolute Gasteiger partial charge is 0.230 e. The van der Waals surface area contributed by atoms with E-state index in [4.69, 9.17) is 10.00 Å². The summed E-state index contributed by atoms with van der Waals surface area (Å²) >= 11 is 0. The van der Waals surface area contributed by atoms with Gasteiger partial charge < -0.3 is 14.2 Å². The van der Waals surface area contributed by atoms with E-state index in [9.17, 15) is 4.79 Å². The lowest BCUT2D eigenvalue weighted by Crippen LogP contribution is -2.26. The molecule has 0 bridgehead atoms. The number of nitriles is 1. The van der Waals surface area contributed by atoms with E-state index in [1.165, 1.54) is 0 Å². The number of carbonyl (C=O) groups is 1. The van der Waals surface area contributed by atoms with Gasteiger partial charge in [-0.05, 0) is 49.1 Å². The topological polar surface area (TPSA) is 71.2 Å². The summed E-state index contributed by atoms with van der Waals surface area (Å²) in [5.74, 6) is 0.380. The van der Waals surface area contributed by atoms with E-state index in [-0.39, 0.29) is 17.7 Å². The molecule has 0 aliphatic carbocycles. The Hall–Kier alpha value is -3.43. The van der Waals surface area contributed by atoms with Gasteiger partial charge in [0.15, 0.2) is 0 Å². The molecule has 32 heavy (non-hydrogen) atoms. The summed E-state index contributed by atoms with van der Waals surface area (Å²) in [7, 11) is 1.70. The zero-order valence-corrected chi connectivity index (χ0v) is 18.4. The van der Waals surface area contributed by atoms with Gasteiger partial charge in [-0.1, -0.05) is 30.3 Å². The number of amides is 1. The molecule has 4 rings (SSSR count). The molecule has 1 fully saturated rings. The summed E-state index contributed by atoms with van der Waals surface area (Å²) in [5.41, 5.74) is 3.91. The van der Waals surface area contributed by atoms with Gasteiger partial charge in [-0.3, -0.25) is 4.79 Å². The number of hydrogen-bond acceptors (Lipinski definition) is 4. The molecule has 1 aliphatic rings. The van der Waals surface area contributed by atoms with Crippen molar-refractivity contribution in [2.45, 2.75) is 25.8 Å². The van der Waals surface area contributed by atoms with E-state index < -0.39 is 0 Å². The summed E-state index contributed by atoms with van der Waals surface area (Å²) in [6.45, 7) is 2.02. The highest BCUT2D eigenvalue weighted by Gasteiger charge is 2.40. The number of carbonyl (C=O) groups excluding carboxylic acids is 1. The van der Waals surface area contributed by atoms with Crippen LogP contribution in [0.2, 0.25) is 0 Å². The van der Waals surface area contributed by atoms with E-state index in [0.29, 0.717) is 18.7 Å². The maximum absolute atomic E-state index is 13.2. The number of anilines is 1. The first kappa shape index (κ1) is 21.8. The molecule has 2 atom stereocenters. The second-order valence-electron chi connectivity index (χ2n) is 8.32. The predicted octanol–water partition coefficient (Wildman–Crippen LogP) is 4.05. The Balaban J connectivity index is 1.37. The molecule has 1 amide bonds. The maximum atomic E-state index is 13.2. The zero-order valence-electron chi connectivity index (χ0n) is 18.4. The molecule has 0 N–H and O–H groups in total. The lowest BCUT2D eigenvalue weighted by molar-refractivity contribution is -0.121. The lowest BCUT2D eigenvalue weighted by Gasteiger charge is -2.16. The lowest BCUT2D eigenvalue weighted by atomic mass is 9.91. The largest absolute Gasteiger partial charge is 0.384 e. The molecular weight excluding hydrogens is 400 g/mol. The standard InChI is InChI=1S/C26H28N4O2/c1-32-18-22-17-30(23-6-3-2-4-7-23)26(31)25(22)9-5-8-24-15-28-19-29(24)16-21-12-10-20(14-27)11-13-21/h2-4,6-7,10-13,15,19,22,25H,5,8-9,16-18H2,1H3/t22-,25-/m1/s1. The number of nitrogens with zero attached hydrogens (tertiary/aromatic N) is 4. The van der Waals surface area contributed by atoms with Crippen LogP contribution in [0.15, 0.2) is 67.1 Å². The normalized spacial score (nSPS) is 18.1. The molecule has 0 saturated carbocycles. The number of ether oxygens (including phenoxy) is 1. The first-order valence-electron chi connectivity index (χ1n) is 11.0. The Morgan fingerprint density at radius 3 is 2.66 bits per heavy atom. The number of aryl methyl sites for hydroxylation is 1. The molecule has 3 aromatic rings. The third-order valence-corrected chi connectivity index (χ3v) is 6.20. The Kier molecular flexibility index (Phi) is 6.98. The van der Waals surface area contributed by atoms with Gasteiger partial charge in [0, 0.05) is 49.6 Å². The monoisotopic (exact) mass is 428 g/mol. The summed E-state index contributed by atoms with van der Waals surface area (Å²) < 4.78 is 7.57. The van der Waals surface area contributed by atoms with Crippen LogP contribution in [0.25, 0.3) is 0 Å². The van der Waals surface area contributed by atoms with Crippen molar-refractivity contribution in [3.63, 3.8) is 0 Å². The minimum Gasteiger partial charge on any atom is -0.384 e. The SMILES string of the molecule is COC[C@H]1CN(c2ccccc2)C(=O)[C@@H]1CCCc1cncn1Cc1ccc(C#N)cc1. The van der Waals surface area contributed by atoms with Crippen molar-refractivity contribution >= 4 is 11.6 Å². The van der Waals surface area contributed by atoms with Crippen molar-refractivity contribution in [1.82, 2.24) is 9.55 Å². The third-order valence-electron chi connectivity index (χ3n) is 6.20. The minimum atomic E-state index is -0.0231. The van der Waals surface area contributed by atoms with Crippen LogP contribution in [0.5, 0.6) is 0 Å². The van der Waals surface area contributed by atoms with E-state index in [1.54, 1.807) is 7.11 Å². The van der Waals surface area contributed by atoms with E-state index in [0.717, 1.165) is 42.8 Å². The number of benzene rings is 2. The molecule has 1 aromatic heterocycles. The molecule has 2 heterocycles. The number of hydrogen-bond donors (Lipinski definition) is 0. The summed E-state index contributed by atoms with van der Waals surface area (Å²) in [6, 6.07) is 19.7. The van der Waals surface area contributed by atoms with Crippen molar-refractivity contribution in [2.24, 2.45) is 11.8 Å². The van der Waals surface area contributed by atoms with Gasteiger partial charge in [-0.15, -0.1) is 0 Å². The fourth-order valence-electron chi connectivity index (χ4n) is 4.52. The van der Waals surface area contributed by atoms with Crippen LogP contribution in [0.4, 0.5) is 5.69 Å². The van der Waals surface area contributed by atoms with Crippen molar-refractivity contribution in [2.75, 3.05) is 25.2 Å². The predicted molar refractivity (Wildman–Crippen MR) is 123 cm³/mol. The molecule has 0 spiro atoms. The molecule has 6 heteroatoms. The number of imidazole rings is 1. The van der Waals surface area contributed by atoms with Crippen LogP contribution in [-0.2, 0) is 22.5 Å². The van der Waals surface area contributed by atoms with Crippen LogP contribution < -0.4 is 4.90 Å². The van der Waals surface area contributed by atoms with Gasteiger partial charge in [0.2, 0.25) is 5.91 Å². The molecule has 164 valence electrons. The highest BCUT2D eigenvalue weighted by atomic mass is 16.5. The second-order valence-corrected chi connectivity index (χ2v) is 8.32. The van der Waals surface area contributed by atoms with Crippen molar-refractivity contribution < 1.29 is 9.53 Å². The van der Waals surface area contributed by atoms with Crippen LogP contribution in [0.1, 0.15) is 29.7 Å². The first-order chi connectivity index (χ1) is 15.7. The number of rotatable bonds is 9. The van der Waals surface area contributed by atoms with Gasteiger partial charge in [0.05, 0.1) is 24.6 Å². The van der Waals surface area contributed by atoms with Crippen molar-refractivity contribution in [3.8, 4) is 6.07 Å². The van der Waals surface area contributed by atoms with Crippen LogP contribution in [-0.4, -0.2) is 35.7 Å². The number of methoxy groups -OCH3 is 1. The fraction of sp³-hybridized carbons (Fsp3) is 0.346. The molecule has 2 aromatic carbocycles.